The fourth-order valence-electron chi connectivity index (χ4n) is 2.77. The molecule has 0 bridgehead atoms. The molecule has 146 valence electrons. The number of carbonyl (C=O) groups excluding carboxylic acids is 1. The van der Waals surface area contributed by atoms with Crippen LogP contribution in [0.1, 0.15) is 18.3 Å². The van der Waals surface area contributed by atoms with Crippen LogP contribution in [0.5, 0.6) is 5.75 Å². The van der Waals surface area contributed by atoms with Crippen molar-refractivity contribution in [2.75, 3.05) is 13.7 Å². The molecule has 1 aromatic heterocycles. The molecular weight excluding hydrogens is 372 g/mol. The summed E-state index contributed by atoms with van der Waals surface area (Å²) < 4.78 is 7.12. The Morgan fingerprint density at radius 2 is 1.86 bits per heavy atom. The molecule has 1 amide bonds. The van der Waals surface area contributed by atoms with Crippen molar-refractivity contribution >= 4 is 17.7 Å². The Morgan fingerprint density at radius 3 is 2.54 bits per heavy atom. The van der Waals surface area contributed by atoms with Crippen molar-refractivity contribution < 1.29 is 9.53 Å². The number of thioether (sulfide) groups is 1. The average Bonchev–Trinajstić information content (AvgIpc) is 3.09. The molecule has 0 aliphatic heterocycles. The molecule has 1 N–H and O–H groups in total. The van der Waals surface area contributed by atoms with Crippen molar-refractivity contribution in [2.24, 2.45) is 0 Å². The molecule has 7 heteroatoms. The standard InChI is InChI=1S/C21H24N4O2S/c1-15(20(26)22-14-13-17-9-11-19(27-3)12-10-17)28-21-24-23-16(2)25(21)18-7-5-4-6-8-18/h4-12,15H,13-14H2,1-3H3,(H,22,26)/t15-/m0/s1. The zero-order chi connectivity index (χ0) is 19.9. The van der Waals surface area contributed by atoms with Crippen molar-refractivity contribution in [3.8, 4) is 11.4 Å². The van der Waals surface area contributed by atoms with Gasteiger partial charge in [0.1, 0.15) is 11.6 Å². The minimum absolute atomic E-state index is 0.0150. The summed E-state index contributed by atoms with van der Waals surface area (Å²) in [5, 5.41) is 11.8. The Bertz CT molecular complexity index is 910. The van der Waals surface area contributed by atoms with Crippen LogP contribution >= 0.6 is 11.8 Å². The quantitative estimate of drug-likeness (QED) is 0.591. The molecule has 0 radical (unpaired) electrons. The lowest BCUT2D eigenvalue weighted by Crippen LogP contribution is -2.32. The molecule has 3 rings (SSSR count). The van der Waals surface area contributed by atoms with E-state index in [1.54, 1.807) is 7.11 Å². The van der Waals surface area contributed by atoms with E-state index in [0.29, 0.717) is 11.7 Å². The number of ether oxygens (including phenoxy) is 1. The lowest BCUT2D eigenvalue weighted by atomic mass is 10.1. The van der Waals surface area contributed by atoms with E-state index in [9.17, 15) is 4.79 Å². The number of nitrogens with zero attached hydrogens (tertiary/aromatic N) is 3. The summed E-state index contributed by atoms with van der Waals surface area (Å²) >= 11 is 1.41. The van der Waals surface area contributed by atoms with Gasteiger partial charge in [0.2, 0.25) is 5.91 Å². The molecule has 0 aliphatic carbocycles. The monoisotopic (exact) mass is 396 g/mol. The van der Waals surface area contributed by atoms with Crippen LogP contribution < -0.4 is 10.1 Å². The Morgan fingerprint density at radius 1 is 1.14 bits per heavy atom. The number of nitrogens with one attached hydrogen (secondary N) is 1. The van der Waals surface area contributed by atoms with Gasteiger partial charge in [-0.25, -0.2) is 0 Å². The van der Waals surface area contributed by atoms with Gasteiger partial charge in [-0.05, 0) is 50.1 Å². The van der Waals surface area contributed by atoms with Crippen molar-refractivity contribution in [1.82, 2.24) is 20.1 Å². The number of rotatable bonds is 8. The number of benzene rings is 2. The van der Waals surface area contributed by atoms with Gasteiger partial charge in [0.15, 0.2) is 5.16 Å². The van der Waals surface area contributed by atoms with Gasteiger partial charge >= 0.3 is 0 Å². The predicted molar refractivity (Wildman–Crippen MR) is 111 cm³/mol. The molecule has 0 aliphatic rings. The van der Waals surface area contributed by atoms with Gasteiger partial charge in [-0.3, -0.25) is 9.36 Å². The Kier molecular flexibility index (Phi) is 6.71. The van der Waals surface area contributed by atoms with E-state index in [1.165, 1.54) is 11.8 Å². The first-order valence-electron chi connectivity index (χ1n) is 9.13. The van der Waals surface area contributed by atoms with Crippen LogP contribution in [0, 0.1) is 6.92 Å². The van der Waals surface area contributed by atoms with E-state index in [2.05, 4.69) is 15.5 Å². The maximum absolute atomic E-state index is 12.5. The second-order valence-electron chi connectivity index (χ2n) is 6.35. The summed E-state index contributed by atoms with van der Waals surface area (Å²) in [6, 6.07) is 17.8. The lowest BCUT2D eigenvalue weighted by molar-refractivity contribution is -0.120. The molecule has 1 heterocycles. The topological polar surface area (TPSA) is 69.0 Å². The Balaban J connectivity index is 1.56. The van der Waals surface area contributed by atoms with E-state index in [0.717, 1.165) is 29.2 Å². The predicted octanol–water partition coefficient (Wildman–Crippen LogP) is 3.42. The highest BCUT2D eigenvalue weighted by Crippen LogP contribution is 2.25. The minimum Gasteiger partial charge on any atom is -0.497 e. The number of hydrogen-bond acceptors (Lipinski definition) is 5. The third kappa shape index (κ3) is 4.92. The maximum atomic E-state index is 12.5. The number of para-hydroxylation sites is 1. The Labute approximate surface area is 169 Å². The Hall–Kier alpha value is -2.80. The maximum Gasteiger partial charge on any atom is 0.233 e. The fourth-order valence-corrected chi connectivity index (χ4v) is 3.71. The molecule has 0 saturated carbocycles. The largest absolute Gasteiger partial charge is 0.497 e. The van der Waals surface area contributed by atoms with Gasteiger partial charge in [0.05, 0.1) is 12.4 Å². The van der Waals surface area contributed by atoms with Crippen molar-refractivity contribution in [2.45, 2.75) is 30.7 Å². The average molecular weight is 397 g/mol. The number of amides is 1. The van der Waals surface area contributed by atoms with Gasteiger partial charge in [-0.2, -0.15) is 0 Å². The summed E-state index contributed by atoms with van der Waals surface area (Å²) in [4.78, 5) is 12.5. The van der Waals surface area contributed by atoms with Crippen LogP contribution in [0.2, 0.25) is 0 Å². The van der Waals surface area contributed by atoms with Crippen molar-refractivity contribution in [3.63, 3.8) is 0 Å². The normalized spacial score (nSPS) is 11.8. The van der Waals surface area contributed by atoms with Crippen LogP contribution in [0.3, 0.4) is 0 Å². The van der Waals surface area contributed by atoms with Gasteiger partial charge in [0, 0.05) is 12.2 Å². The zero-order valence-electron chi connectivity index (χ0n) is 16.3. The summed E-state index contributed by atoms with van der Waals surface area (Å²) in [5.74, 6) is 1.61. The third-order valence-corrected chi connectivity index (χ3v) is 5.38. The SMILES string of the molecule is COc1ccc(CCNC(=O)[C@H](C)Sc2nnc(C)n2-c2ccccc2)cc1. The van der Waals surface area contributed by atoms with Gasteiger partial charge < -0.3 is 10.1 Å². The van der Waals surface area contributed by atoms with Crippen molar-refractivity contribution in [3.05, 3.63) is 66.0 Å². The molecule has 1 atom stereocenters. The van der Waals surface area contributed by atoms with E-state index in [1.807, 2.05) is 73.0 Å². The second-order valence-corrected chi connectivity index (χ2v) is 7.66. The van der Waals surface area contributed by atoms with Crippen LogP contribution in [-0.2, 0) is 11.2 Å². The molecular formula is C21H24N4O2S. The third-order valence-electron chi connectivity index (χ3n) is 4.33. The molecule has 0 unspecified atom stereocenters. The zero-order valence-corrected chi connectivity index (χ0v) is 17.1. The first-order chi connectivity index (χ1) is 13.6. The highest BCUT2D eigenvalue weighted by Gasteiger charge is 2.19. The molecule has 2 aromatic carbocycles. The summed E-state index contributed by atoms with van der Waals surface area (Å²) in [6.07, 6.45) is 0.770. The molecule has 6 nitrogen and oxygen atoms in total. The fraction of sp³-hybridized carbons (Fsp3) is 0.286. The minimum atomic E-state index is -0.276. The number of aryl methyl sites for hydroxylation is 1. The summed E-state index contributed by atoms with van der Waals surface area (Å²) in [5.41, 5.74) is 2.14. The van der Waals surface area contributed by atoms with Crippen LogP contribution in [0.4, 0.5) is 0 Å². The highest BCUT2D eigenvalue weighted by atomic mass is 32.2. The second kappa shape index (κ2) is 9.41. The lowest BCUT2D eigenvalue weighted by Gasteiger charge is -2.13. The smallest absolute Gasteiger partial charge is 0.233 e. The van der Waals surface area contributed by atoms with E-state index in [4.69, 9.17) is 4.74 Å². The molecule has 0 fully saturated rings. The molecule has 3 aromatic rings. The van der Waals surface area contributed by atoms with Crippen LogP contribution in [-0.4, -0.2) is 39.6 Å². The van der Waals surface area contributed by atoms with Gasteiger partial charge in [0.25, 0.3) is 0 Å². The first kappa shape index (κ1) is 19.9. The number of carbonyl (C=O) groups is 1. The summed E-state index contributed by atoms with van der Waals surface area (Å²) in [7, 11) is 1.65. The number of methoxy groups -OCH3 is 1. The molecule has 0 spiro atoms. The first-order valence-corrected chi connectivity index (χ1v) is 10.0. The molecule has 28 heavy (non-hydrogen) atoms. The number of hydrogen-bond donors (Lipinski definition) is 1. The van der Waals surface area contributed by atoms with E-state index in [-0.39, 0.29) is 11.2 Å². The highest BCUT2D eigenvalue weighted by molar-refractivity contribution is 8.00. The number of aromatic nitrogens is 3. The van der Waals surface area contributed by atoms with Crippen molar-refractivity contribution in [1.29, 1.82) is 0 Å². The summed E-state index contributed by atoms with van der Waals surface area (Å²) in [6.45, 7) is 4.37. The van der Waals surface area contributed by atoms with E-state index >= 15 is 0 Å². The van der Waals surface area contributed by atoms with Crippen LogP contribution in [0.25, 0.3) is 5.69 Å². The molecule has 0 saturated heterocycles. The van der Waals surface area contributed by atoms with Crippen LogP contribution in [0.15, 0.2) is 59.8 Å². The van der Waals surface area contributed by atoms with Gasteiger partial charge in [-0.15, -0.1) is 10.2 Å². The van der Waals surface area contributed by atoms with Gasteiger partial charge in [-0.1, -0.05) is 42.1 Å². The van der Waals surface area contributed by atoms with E-state index < -0.39 is 0 Å².